The molecule has 3 aromatic carbocycles. The van der Waals surface area contributed by atoms with E-state index < -0.39 is 0 Å². The fraction of sp³-hybridized carbons (Fsp3) is 0.324. The summed E-state index contributed by atoms with van der Waals surface area (Å²) in [5, 5.41) is 10.2. The zero-order valence-electron chi connectivity index (χ0n) is 23.6. The zero-order valence-corrected chi connectivity index (χ0v) is 23.6. The van der Waals surface area contributed by atoms with Gasteiger partial charge in [-0.3, -0.25) is 0 Å². The third kappa shape index (κ3) is 5.73. The molecule has 0 spiro atoms. The predicted octanol–water partition coefficient (Wildman–Crippen LogP) is 8.03. The number of aryl methyl sites for hydroxylation is 1. The molecule has 1 aromatic heterocycles. The van der Waals surface area contributed by atoms with Crippen LogP contribution in [0.2, 0.25) is 0 Å². The summed E-state index contributed by atoms with van der Waals surface area (Å²) in [5.74, 6) is 1.85. The summed E-state index contributed by atoms with van der Waals surface area (Å²) < 4.78 is 12.0. The Hall–Kier alpha value is -3.99. The van der Waals surface area contributed by atoms with E-state index in [-0.39, 0.29) is 5.92 Å². The summed E-state index contributed by atoms with van der Waals surface area (Å²) in [6, 6.07) is 23.8. The quantitative estimate of drug-likeness (QED) is 0.191. The van der Waals surface area contributed by atoms with E-state index in [1.165, 1.54) is 11.1 Å². The van der Waals surface area contributed by atoms with Gasteiger partial charge in [-0.1, -0.05) is 63.2 Å². The molecule has 2 unspecified atom stereocenters. The van der Waals surface area contributed by atoms with Crippen molar-refractivity contribution in [2.75, 3.05) is 13.7 Å². The third-order valence-corrected chi connectivity index (χ3v) is 7.64. The van der Waals surface area contributed by atoms with Crippen LogP contribution in [-0.4, -0.2) is 30.6 Å². The minimum Gasteiger partial charge on any atom is -0.493 e. The van der Waals surface area contributed by atoms with E-state index in [9.17, 15) is 0 Å². The van der Waals surface area contributed by atoms with Crippen LogP contribution in [0, 0.1) is 5.92 Å². The molecule has 0 fully saturated rings. The molecule has 5 heteroatoms. The van der Waals surface area contributed by atoms with E-state index in [1.807, 2.05) is 12.3 Å². The largest absolute Gasteiger partial charge is 0.493 e. The Labute approximate surface area is 231 Å². The first-order valence-corrected chi connectivity index (χ1v) is 13.9. The summed E-state index contributed by atoms with van der Waals surface area (Å²) in [5.41, 5.74) is 8.79. The molecule has 6 bridgehead atoms. The highest BCUT2D eigenvalue weighted by Crippen LogP contribution is 2.37. The standard InChI is InChI=1S/C34H37N3O2/c1-6-22(3)21-35-37-23(4)34-27-13-14-31-30(18-27)29(20-33(36-31)38-5)26-10-8-9-24(17-26)15-16-39-32-19-28(34)12-11-25(32)7-2/h8-14,17-22,34H,6-7,15-16H2,1-5H3/b35-21-,37-23+. The van der Waals surface area contributed by atoms with E-state index in [2.05, 4.69) is 93.5 Å². The van der Waals surface area contributed by atoms with Crippen LogP contribution in [0.4, 0.5) is 0 Å². The van der Waals surface area contributed by atoms with Gasteiger partial charge in [0.15, 0.2) is 0 Å². The average molecular weight is 520 g/mol. The number of pyridine rings is 1. The van der Waals surface area contributed by atoms with Gasteiger partial charge in [-0.25, -0.2) is 4.98 Å². The number of fused-ring (bicyclic) bond motifs is 6. The molecular weight excluding hydrogens is 482 g/mol. The minimum atomic E-state index is -0.0824. The Balaban J connectivity index is 1.76. The Kier molecular flexibility index (Phi) is 8.06. The van der Waals surface area contributed by atoms with Gasteiger partial charge in [-0.15, -0.1) is 0 Å². The number of rotatable bonds is 6. The van der Waals surface area contributed by atoms with Gasteiger partial charge in [-0.05, 0) is 77.3 Å². The monoisotopic (exact) mass is 519 g/mol. The molecule has 5 rings (SSSR count). The number of aromatic nitrogens is 1. The SMILES string of the molecule is CCc1ccc2cc1OCCc1cccc(c1)-c1cc(OC)nc3ccc(cc13)C2/C(C)=N/N=C\C(C)CC. The van der Waals surface area contributed by atoms with Crippen LogP contribution < -0.4 is 9.47 Å². The molecule has 2 atom stereocenters. The van der Waals surface area contributed by atoms with Crippen LogP contribution in [0.1, 0.15) is 62.3 Å². The number of hydrogen-bond acceptors (Lipinski definition) is 5. The number of nitrogens with zero attached hydrogens (tertiary/aromatic N) is 3. The molecule has 1 aliphatic rings. The fourth-order valence-electron chi connectivity index (χ4n) is 5.17. The van der Waals surface area contributed by atoms with Crippen molar-refractivity contribution in [3.63, 3.8) is 0 Å². The normalized spacial score (nSPS) is 16.2. The molecule has 0 aliphatic carbocycles. The van der Waals surface area contributed by atoms with E-state index in [1.54, 1.807) is 7.11 Å². The van der Waals surface area contributed by atoms with Crippen LogP contribution in [0.15, 0.2) is 76.9 Å². The molecule has 39 heavy (non-hydrogen) atoms. The van der Waals surface area contributed by atoms with Crippen molar-refractivity contribution in [2.24, 2.45) is 16.1 Å². The Morgan fingerprint density at radius 2 is 1.90 bits per heavy atom. The highest BCUT2D eigenvalue weighted by molar-refractivity contribution is 5.98. The highest BCUT2D eigenvalue weighted by Gasteiger charge is 2.22. The molecule has 0 saturated carbocycles. The predicted molar refractivity (Wildman–Crippen MR) is 162 cm³/mol. The first-order valence-electron chi connectivity index (χ1n) is 13.9. The van der Waals surface area contributed by atoms with Crippen LogP contribution in [0.5, 0.6) is 11.6 Å². The molecule has 200 valence electrons. The van der Waals surface area contributed by atoms with Crippen molar-refractivity contribution in [3.8, 4) is 22.8 Å². The van der Waals surface area contributed by atoms with Crippen molar-refractivity contribution in [3.05, 3.63) is 89.0 Å². The molecule has 0 saturated heterocycles. The Bertz CT molecular complexity index is 1540. The second kappa shape index (κ2) is 11.8. The van der Waals surface area contributed by atoms with Crippen molar-refractivity contribution >= 4 is 22.8 Å². The molecule has 1 aliphatic heterocycles. The summed E-state index contributed by atoms with van der Waals surface area (Å²) in [6.07, 6.45) is 4.70. The number of hydrogen-bond donors (Lipinski definition) is 0. The van der Waals surface area contributed by atoms with E-state index in [4.69, 9.17) is 19.6 Å². The van der Waals surface area contributed by atoms with Gasteiger partial charge in [0.1, 0.15) is 5.75 Å². The average Bonchev–Trinajstić information content (AvgIpc) is 2.96. The van der Waals surface area contributed by atoms with Crippen molar-refractivity contribution in [2.45, 2.75) is 52.9 Å². The molecule has 0 radical (unpaired) electrons. The number of ether oxygens (including phenoxy) is 2. The fourth-order valence-corrected chi connectivity index (χ4v) is 5.17. The summed E-state index contributed by atoms with van der Waals surface area (Å²) in [4.78, 5) is 4.77. The van der Waals surface area contributed by atoms with Crippen molar-refractivity contribution < 1.29 is 9.47 Å². The van der Waals surface area contributed by atoms with Gasteiger partial charge >= 0.3 is 0 Å². The maximum Gasteiger partial charge on any atom is 0.214 e. The Morgan fingerprint density at radius 1 is 1.08 bits per heavy atom. The molecule has 4 aromatic rings. The zero-order chi connectivity index (χ0) is 27.4. The Morgan fingerprint density at radius 3 is 2.69 bits per heavy atom. The van der Waals surface area contributed by atoms with E-state index >= 15 is 0 Å². The second-order valence-corrected chi connectivity index (χ2v) is 10.3. The van der Waals surface area contributed by atoms with Crippen LogP contribution >= 0.6 is 0 Å². The second-order valence-electron chi connectivity index (χ2n) is 10.3. The molecule has 2 heterocycles. The molecule has 0 N–H and O–H groups in total. The lowest BCUT2D eigenvalue weighted by atomic mass is 9.85. The lowest BCUT2D eigenvalue weighted by Gasteiger charge is -2.21. The third-order valence-electron chi connectivity index (χ3n) is 7.64. The summed E-state index contributed by atoms with van der Waals surface area (Å²) in [7, 11) is 1.67. The highest BCUT2D eigenvalue weighted by atomic mass is 16.5. The molecular formula is C34H37N3O2. The van der Waals surface area contributed by atoms with Gasteiger partial charge in [0.05, 0.1) is 19.2 Å². The van der Waals surface area contributed by atoms with Crippen LogP contribution in [0.25, 0.3) is 22.0 Å². The van der Waals surface area contributed by atoms with E-state index in [0.29, 0.717) is 18.4 Å². The number of methoxy groups -OCH3 is 1. The lowest BCUT2D eigenvalue weighted by molar-refractivity contribution is 0.318. The van der Waals surface area contributed by atoms with Gasteiger partial charge in [0.2, 0.25) is 5.88 Å². The van der Waals surface area contributed by atoms with Crippen molar-refractivity contribution in [1.29, 1.82) is 0 Å². The van der Waals surface area contributed by atoms with Gasteiger partial charge in [-0.2, -0.15) is 10.2 Å². The first kappa shape index (κ1) is 26.6. The summed E-state index contributed by atoms with van der Waals surface area (Å²) >= 11 is 0. The first-order chi connectivity index (χ1) is 19.0. The number of benzene rings is 3. The van der Waals surface area contributed by atoms with E-state index in [0.717, 1.165) is 63.9 Å². The van der Waals surface area contributed by atoms with Gasteiger partial charge in [0.25, 0.3) is 0 Å². The maximum absolute atomic E-state index is 6.42. The van der Waals surface area contributed by atoms with Crippen LogP contribution in [0.3, 0.4) is 0 Å². The lowest BCUT2D eigenvalue weighted by Crippen LogP contribution is -2.13. The molecule has 5 nitrogen and oxygen atoms in total. The van der Waals surface area contributed by atoms with Gasteiger partial charge in [0, 0.05) is 35.7 Å². The maximum atomic E-state index is 6.42. The van der Waals surface area contributed by atoms with Crippen LogP contribution in [-0.2, 0) is 12.8 Å². The summed E-state index contributed by atoms with van der Waals surface area (Å²) in [6.45, 7) is 9.16. The smallest absolute Gasteiger partial charge is 0.214 e. The van der Waals surface area contributed by atoms with Crippen molar-refractivity contribution in [1.82, 2.24) is 4.98 Å². The minimum absolute atomic E-state index is 0.0824. The van der Waals surface area contributed by atoms with Gasteiger partial charge < -0.3 is 9.47 Å². The molecule has 0 amide bonds. The topological polar surface area (TPSA) is 56.1 Å².